The van der Waals surface area contributed by atoms with Crippen LogP contribution in [0.1, 0.15) is 31.9 Å². The summed E-state index contributed by atoms with van der Waals surface area (Å²) < 4.78 is 40.3. The molecule has 37 heavy (non-hydrogen) atoms. The van der Waals surface area contributed by atoms with Crippen LogP contribution in [-0.4, -0.2) is 88.8 Å². The molecule has 0 bridgehead atoms. The van der Waals surface area contributed by atoms with Crippen LogP contribution in [0.5, 0.6) is 0 Å². The third kappa shape index (κ3) is 6.06. The molecule has 15 nitrogen and oxygen atoms in total. The molecule has 3 aliphatic heterocycles. The Morgan fingerprint density at radius 2 is 2.16 bits per heavy atom. The van der Waals surface area contributed by atoms with Crippen LogP contribution in [0.3, 0.4) is 0 Å². The van der Waals surface area contributed by atoms with E-state index in [1.54, 1.807) is 16.3 Å². The first kappa shape index (κ1) is 25.9. The molecule has 202 valence electrons. The number of thioether (sulfide) groups is 1. The Morgan fingerprint density at radius 1 is 1.30 bits per heavy atom. The molecule has 3 aliphatic rings. The third-order valence-corrected chi connectivity index (χ3v) is 8.79. The van der Waals surface area contributed by atoms with Gasteiger partial charge in [-0.05, 0) is 25.2 Å². The van der Waals surface area contributed by atoms with Crippen molar-refractivity contribution in [1.82, 2.24) is 35.5 Å². The van der Waals surface area contributed by atoms with Crippen LogP contribution in [0.4, 0.5) is 10.6 Å². The first-order valence-electron chi connectivity index (χ1n) is 11.9. The molecular formula is C20H28N9O6S2-. The third-order valence-electron chi connectivity index (χ3n) is 6.42. The summed E-state index contributed by atoms with van der Waals surface area (Å²) in [7, 11) is -4.41. The number of aromatic nitrogens is 4. The molecule has 5 N–H and O–H groups in total. The number of nitrogens with one attached hydrogen (secondary N) is 3. The van der Waals surface area contributed by atoms with Gasteiger partial charge in [-0.15, -0.1) is 0 Å². The number of morpholine rings is 1. The van der Waals surface area contributed by atoms with Gasteiger partial charge in [0, 0.05) is 24.1 Å². The van der Waals surface area contributed by atoms with Crippen molar-refractivity contribution >= 4 is 51.0 Å². The number of unbranched alkanes of at least 4 members (excludes halogenated alkanes) is 1. The molecule has 0 spiro atoms. The number of carbonyl (C=O) groups is 1. The molecule has 17 heteroatoms. The molecule has 3 saturated heterocycles. The van der Waals surface area contributed by atoms with Gasteiger partial charge in [0.25, 0.3) is 0 Å². The van der Waals surface area contributed by atoms with E-state index in [1.165, 1.54) is 12.7 Å². The molecule has 0 aromatic carbocycles. The zero-order valence-corrected chi connectivity index (χ0v) is 21.4. The van der Waals surface area contributed by atoms with E-state index >= 15 is 0 Å². The summed E-state index contributed by atoms with van der Waals surface area (Å²) in [6.45, 7) is 0.472. The van der Waals surface area contributed by atoms with Gasteiger partial charge in [-0.25, -0.2) is 23.9 Å². The lowest BCUT2D eigenvalue weighted by Gasteiger charge is -2.31. The second-order valence-electron chi connectivity index (χ2n) is 9.02. The maximum absolute atomic E-state index is 12.2. The van der Waals surface area contributed by atoms with Gasteiger partial charge in [0.05, 0.1) is 31.1 Å². The molecule has 5 heterocycles. The van der Waals surface area contributed by atoms with Crippen molar-refractivity contribution < 1.29 is 27.2 Å². The summed E-state index contributed by atoms with van der Waals surface area (Å²) in [6.07, 6.45) is 3.76. The molecule has 5 rings (SSSR count). The quantitative estimate of drug-likeness (QED) is 0.116. The zero-order chi connectivity index (χ0) is 26.0. The largest absolute Gasteiger partial charge is 0.861 e. The van der Waals surface area contributed by atoms with Crippen molar-refractivity contribution in [2.45, 2.75) is 55.3 Å². The molecule has 2 aromatic rings. The summed E-state index contributed by atoms with van der Waals surface area (Å²) in [5.74, 6) is 0.354. The fourth-order valence-electron chi connectivity index (χ4n) is 4.65. The van der Waals surface area contributed by atoms with Gasteiger partial charge < -0.3 is 31.5 Å². The van der Waals surface area contributed by atoms with E-state index < -0.39 is 28.5 Å². The smallest absolute Gasteiger partial charge is 0.380 e. The van der Waals surface area contributed by atoms with E-state index in [-0.39, 0.29) is 42.2 Å². The summed E-state index contributed by atoms with van der Waals surface area (Å²) in [4.78, 5) is 23.8. The van der Waals surface area contributed by atoms with Gasteiger partial charge in [0.2, 0.25) is 0 Å². The number of nitrogens with zero attached hydrogens (tertiary/aromatic N) is 5. The minimum absolute atomic E-state index is 0.000924. The van der Waals surface area contributed by atoms with Gasteiger partial charge in [-0.3, -0.25) is 4.57 Å². The molecule has 0 aliphatic carbocycles. The fraction of sp³-hybridized carbons (Fsp3) is 0.650. The number of ether oxygens (including phenoxy) is 1. The molecule has 0 radical (unpaired) electrons. The number of nitrogen functional groups attached to an aromatic ring is 1. The maximum atomic E-state index is 12.2. The Hall–Kier alpha value is -2.73. The van der Waals surface area contributed by atoms with Crippen molar-refractivity contribution in [1.29, 1.82) is 0 Å². The molecule has 0 unspecified atom stereocenters. The van der Waals surface area contributed by atoms with Gasteiger partial charge in [-0.1, -0.05) is 6.42 Å². The zero-order valence-electron chi connectivity index (χ0n) is 19.8. The van der Waals surface area contributed by atoms with Crippen LogP contribution in [-0.2, 0) is 19.2 Å². The Morgan fingerprint density at radius 3 is 3.03 bits per heavy atom. The van der Waals surface area contributed by atoms with Crippen LogP contribution in [0, 0.1) is 0 Å². The van der Waals surface area contributed by atoms with Crippen LogP contribution in [0.2, 0.25) is 0 Å². The molecule has 0 saturated carbocycles. The van der Waals surface area contributed by atoms with E-state index in [2.05, 4.69) is 35.3 Å². The Kier molecular flexibility index (Phi) is 7.66. The number of amides is 2. The lowest BCUT2D eigenvalue weighted by Crippen LogP contribution is -2.44. The van der Waals surface area contributed by atoms with E-state index in [4.69, 9.17) is 14.7 Å². The standard InChI is InChI=1S/C20H29N9O6S2/c21-18-17-19(24-9-23-18)29(10-25-17)15-6-22-5-11(35-15)7-34-37(32,33)28-14(30)4-2-1-3-13-16-12(8-36-13)26-20(31)27-16/h9-13,15-16,22H,1-8H2,(H,28,30)(H2,21,23,24)(H2,26,27,31)/p-1/t11-,12-,13-,15+,16-/m0/s1. The number of rotatable bonds is 10. The Balaban J connectivity index is 1.07. The van der Waals surface area contributed by atoms with Crippen LogP contribution < -0.4 is 26.8 Å². The highest BCUT2D eigenvalue weighted by Crippen LogP contribution is 2.33. The predicted octanol–water partition coefficient (Wildman–Crippen LogP) is -1.36. The number of carbonyl (C=O) groups excluding carboxylic acids is 1. The normalized spacial score (nSPS) is 28.3. The number of hydrogen-bond donors (Lipinski definition) is 4. The minimum Gasteiger partial charge on any atom is -0.861 e. The second kappa shape index (κ2) is 10.9. The number of anilines is 1. The minimum atomic E-state index is -4.41. The molecule has 5 atom stereocenters. The van der Waals surface area contributed by atoms with Crippen LogP contribution >= 0.6 is 11.8 Å². The van der Waals surface area contributed by atoms with Crippen LogP contribution in [0.25, 0.3) is 11.2 Å². The molecular weight excluding hydrogens is 526 g/mol. The number of fused-ring (bicyclic) bond motifs is 2. The lowest BCUT2D eigenvalue weighted by atomic mass is 10.0. The summed E-state index contributed by atoms with van der Waals surface area (Å²) in [5.41, 5.74) is 6.76. The summed E-state index contributed by atoms with van der Waals surface area (Å²) in [5, 5.41) is 21.4. The van der Waals surface area contributed by atoms with E-state index in [9.17, 15) is 18.3 Å². The number of hydrogen-bond acceptors (Lipinski definition) is 12. The SMILES string of the molecule is Nc1ncnc2c1ncn2[C@H]1CNC[C@@H](COS(=O)(=O)/N=C(\[O-])CCCC[C@@H]2SC[C@@H]3NC(=O)N[C@@H]32)O1. The average molecular weight is 555 g/mol. The summed E-state index contributed by atoms with van der Waals surface area (Å²) in [6, 6.07) is 0.105. The number of urea groups is 1. The van der Waals surface area contributed by atoms with Gasteiger partial charge in [0.15, 0.2) is 11.5 Å². The highest BCUT2D eigenvalue weighted by atomic mass is 32.2. The molecule has 2 aromatic heterocycles. The van der Waals surface area contributed by atoms with Crippen molar-refractivity contribution in [2.24, 2.45) is 4.40 Å². The first-order chi connectivity index (χ1) is 17.8. The molecule has 3 fully saturated rings. The van der Waals surface area contributed by atoms with E-state index in [0.29, 0.717) is 30.7 Å². The number of imidazole rings is 1. The Labute approximate surface area is 217 Å². The second-order valence-corrected chi connectivity index (χ2v) is 11.6. The number of nitrogens with two attached hydrogens (primary N) is 1. The van der Waals surface area contributed by atoms with Gasteiger partial charge >= 0.3 is 16.3 Å². The predicted molar refractivity (Wildman–Crippen MR) is 133 cm³/mol. The highest BCUT2D eigenvalue weighted by molar-refractivity contribution is 8.00. The first-order valence-corrected chi connectivity index (χ1v) is 14.3. The highest BCUT2D eigenvalue weighted by Gasteiger charge is 2.42. The monoisotopic (exact) mass is 554 g/mol. The summed E-state index contributed by atoms with van der Waals surface area (Å²) >= 11 is 1.79. The van der Waals surface area contributed by atoms with E-state index in [0.717, 1.165) is 18.6 Å². The molecule has 2 amide bonds. The topological polar surface area (TPSA) is 211 Å². The van der Waals surface area contributed by atoms with Crippen molar-refractivity contribution in [3.05, 3.63) is 12.7 Å². The van der Waals surface area contributed by atoms with Crippen molar-refractivity contribution in [2.75, 3.05) is 31.2 Å². The lowest BCUT2D eigenvalue weighted by molar-refractivity contribution is -0.218. The van der Waals surface area contributed by atoms with E-state index in [1.807, 2.05) is 0 Å². The van der Waals surface area contributed by atoms with Gasteiger partial charge in [-0.2, -0.15) is 24.6 Å². The maximum Gasteiger partial charge on any atom is 0.380 e. The van der Waals surface area contributed by atoms with Crippen molar-refractivity contribution in [3.8, 4) is 0 Å². The fourth-order valence-corrected chi connectivity index (χ4v) is 6.91. The van der Waals surface area contributed by atoms with Crippen molar-refractivity contribution in [3.63, 3.8) is 0 Å². The Bertz CT molecular complexity index is 1270. The van der Waals surface area contributed by atoms with Gasteiger partial charge in [0.1, 0.15) is 18.1 Å². The average Bonchev–Trinajstić information content (AvgIpc) is 3.56. The van der Waals surface area contributed by atoms with Crippen LogP contribution in [0.15, 0.2) is 17.1 Å².